The topological polar surface area (TPSA) is 52.6 Å². The highest BCUT2D eigenvalue weighted by Gasteiger charge is 2.20. The Morgan fingerprint density at radius 3 is 1.87 bits per heavy atom. The molecule has 3 rings (SSSR count). The first-order valence-corrected chi connectivity index (χ1v) is 10.3. The van der Waals surface area contributed by atoms with Crippen molar-refractivity contribution in [2.75, 3.05) is 0 Å². The smallest absolute Gasteiger partial charge is 0.343 e. The molecule has 0 aliphatic carbocycles. The first-order valence-electron chi connectivity index (χ1n) is 10.3. The van der Waals surface area contributed by atoms with Gasteiger partial charge in [0.25, 0.3) is 0 Å². The van der Waals surface area contributed by atoms with E-state index in [9.17, 15) is 9.59 Å². The maximum absolute atomic E-state index is 12.7. The summed E-state index contributed by atoms with van der Waals surface area (Å²) < 4.78 is 11.5. The Hall–Kier alpha value is -3.40. The summed E-state index contributed by atoms with van der Waals surface area (Å²) in [6, 6.07) is 21.4. The standard InChI is InChI=1S/C26H26O4/c1-3-5-12-22-17-19(4-2)18-23(29-25(27)20-13-8-6-9-14-20)24(22)30-26(28)21-15-10-7-11-16-21/h6-11,13-18H,3-5,12H2,1-2H3. The molecular formula is C26H26O4. The molecule has 0 unspecified atom stereocenters. The molecule has 0 heterocycles. The molecule has 0 amide bonds. The third-order valence-electron chi connectivity index (χ3n) is 4.82. The zero-order chi connectivity index (χ0) is 21.3. The van der Waals surface area contributed by atoms with Gasteiger partial charge in [-0.25, -0.2) is 9.59 Å². The molecule has 154 valence electrons. The minimum Gasteiger partial charge on any atom is -0.419 e. The van der Waals surface area contributed by atoms with Gasteiger partial charge in [-0.05, 0) is 60.7 Å². The van der Waals surface area contributed by atoms with Crippen LogP contribution in [-0.4, -0.2) is 11.9 Å². The van der Waals surface area contributed by atoms with Gasteiger partial charge < -0.3 is 9.47 Å². The minimum atomic E-state index is -0.484. The van der Waals surface area contributed by atoms with Crippen LogP contribution in [0.2, 0.25) is 0 Å². The molecule has 0 aliphatic rings. The molecule has 30 heavy (non-hydrogen) atoms. The summed E-state index contributed by atoms with van der Waals surface area (Å²) in [4.78, 5) is 25.4. The Morgan fingerprint density at radius 1 is 0.767 bits per heavy atom. The highest BCUT2D eigenvalue weighted by Crippen LogP contribution is 2.35. The van der Waals surface area contributed by atoms with Crippen molar-refractivity contribution in [3.63, 3.8) is 0 Å². The van der Waals surface area contributed by atoms with Crippen LogP contribution in [0, 0.1) is 0 Å². The van der Waals surface area contributed by atoms with Gasteiger partial charge in [-0.2, -0.15) is 0 Å². The molecule has 4 heteroatoms. The van der Waals surface area contributed by atoms with E-state index in [4.69, 9.17) is 9.47 Å². The molecule has 0 fully saturated rings. The van der Waals surface area contributed by atoms with Crippen molar-refractivity contribution in [1.29, 1.82) is 0 Å². The summed E-state index contributed by atoms with van der Waals surface area (Å²) in [5, 5.41) is 0. The van der Waals surface area contributed by atoms with Gasteiger partial charge in [-0.3, -0.25) is 0 Å². The number of ether oxygens (including phenoxy) is 2. The zero-order valence-corrected chi connectivity index (χ0v) is 17.4. The fraction of sp³-hybridized carbons (Fsp3) is 0.231. The number of unbranched alkanes of at least 4 members (excludes halogenated alkanes) is 1. The predicted octanol–water partition coefficient (Wildman–Crippen LogP) is 6.03. The van der Waals surface area contributed by atoms with Gasteiger partial charge in [-0.1, -0.05) is 62.7 Å². The Bertz CT molecular complexity index is 994. The molecule has 0 N–H and O–H groups in total. The van der Waals surface area contributed by atoms with Gasteiger partial charge in [0.05, 0.1) is 11.1 Å². The Kier molecular flexibility index (Phi) is 7.39. The lowest BCUT2D eigenvalue weighted by atomic mass is 10.0. The lowest BCUT2D eigenvalue weighted by Gasteiger charge is -2.16. The van der Waals surface area contributed by atoms with Crippen LogP contribution < -0.4 is 9.47 Å². The second-order valence-corrected chi connectivity index (χ2v) is 7.05. The quantitative estimate of drug-likeness (QED) is 0.341. The van der Waals surface area contributed by atoms with Crippen LogP contribution in [0.3, 0.4) is 0 Å². The van der Waals surface area contributed by atoms with E-state index in [-0.39, 0.29) is 5.75 Å². The fourth-order valence-corrected chi connectivity index (χ4v) is 3.13. The maximum atomic E-state index is 12.7. The highest BCUT2D eigenvalue weighted by atomic mass is 16.6. The van der Waals surface area contributed by atoms with Crippen molar-refractivity contribution < 1.29 is 19.1 Å². The number of aryl methyl sites for hydroxylation is 2. The van der Waals surface area contributed by atoms with Crippen LogP contribution in [0.25, 0.3) is 0 Å². The summed E-state index contributed by atoms with van der Waals surface area (Å²) in [6.07, 6.45) is 3.45. The second-order valence-electron chi connectivity index (χ2n) is 7.05. The number of carbonyl (C=O) groups excluding carboxylic acids is 2. The Morgan fingerprint density at radius 2 is 1.33 bits per heavy atom. The monoisotopic (exact) mass is 402 g/mol. The number of hydrogen-bond acceptors (Lipinski definition) is 4. The average molecular weight is 402 g/mol. The largest absolute Gasteiger partial charge is 0.419 e. The van der Waals surface area contributed by atoms with E-state index in [0.717, 1.165) is 36.8 Å². The molecule has 0 saturated carbocycles. The SMILES string of the molecule is CCCCc1cc(CC)cc(OC(=O)c2ccccc2)c1OC(=O)c1ccccc1. The summed E-state index contributed by atoms with van der Waals surface area (Å²) in [5.41, 5.74) is 2.78. The van der Waals surface area contributed by atoms with Gasteiger partial charge in [0.2, 0.25) is 0 Å². The predicted molar refractivity (Wildman–Crippen MR) is 117 cm³/mol. The molecule has 0 radical (unpaired) electrons. The summed E-state index contributed by atoms with van der Waals surface area (Å²) in [5.74, 6) is -0.366. The van der Waals surface area contributed by atoms with Crippen molar-refractivity contribution in [3.8, 4) is 11.5 Å². The first-order chi connectivity index (χ1) is 14.6. The molecular weight excluding hydrogens is 376 g/mol. The normalized spacial score (nSPS) is 10.5. The third-order valence-corrected chi connectivity index (χ3v) is 4.82. The number of hydrogen-bond donors (Lipinski definition) is 0. The van der Waals surface area contributed by atoms with Crippen LogP contribution in [0.5, 0.6) is 11.5 Å². The van der Waals surface area contributed by atoms with E-state index in [1.165, 1.54) is 0 Å². The Balaban J connectivity index is 1.99. The van der Waals surface area contributed by atoms with Crippen LogP contribution in [0.15, 0.2) is 72.8 Å². The molecule has 3 aromatic carbocycles. The molecule has 0 aromatic heterocycles. The fourth-order valence-electron chi connectivity index (χ4n) is 3.13. The van der Waals surface area contributed by atoms with Gasteiger partial charge >= 0.3 is 11.9 Å². The van der Waals surface area contributed by atoms with Crippen molar-refractivity contribution in [3.05, 3.63) is 95.1 Å². The molecule has 3 aromatic rings. The number of rotatable bonds is 8. The molecule has 0 bridgehead atoms. The summed E-state index contributed by atoms with van der Waals surface area (Å²) in [6.45, 7) is 4.15. The van der Waals surface area contributed by atoms with E-state index in [2.05, 4.69) is 6.92 Å². The maximum Gasteiger partial charge on any atom is 0.343 e. The average Bonchev–Trinajstić information content (AvgIpc) is 2.80. The summed E-state index contributed by atoms with van der Waals surface area (Å²) >= 11 is 0. The number of benzene rings is 3. The molecule has 0 aliphatic heterocycles. The Labute approximate surface area is 177 Å². The van der Waals surface area contributed by atoms with Crippen molar-refractivity contribution in [1.82, 2.24) is 0 Å². The van der Waals surface area contributed by atoms with Crippen molar-refractivity contribution in [2.45, 2.75) is 39.5 Å². The first kappa shape index (κ1) is 21.3. The van der Waals surface area contributed by atoms with Gasteiger partial charge in [-0.15, -0.1) is 0 Å². The minimum absolute atomic E-state index is 0.276. The summed E-state index contributed by atoms with van der Waals surface area (Å²) in [7, 11) is 0. The van der Waals surface area contributed by atoms with E-state index in [0.29, 0.717) is 16.9 Å². The van der Waals surface area contributed by atoms with Crippen molar-refractivity contribution in [2.24, 2.45) is 0 Å². The lowest BCUT2D eigenvalue weighted by molar-refractivity contribution is 0.0681. The lowest BCUT2D eigenvalue weighted by Crippen LogP contribution is -2.14. The van der Waals surface area contributed by atoms with Crippen LogP contribution in [0.1, 0.15) is 58.5 Å². The van der Waals surface area contributed by atoms with Crippen LogP contribution in [-0.2, 0) is 12.8 Å². The third kappa shape index (κ3) is 5.35. The van der Waals surface area contributed by atoms with E-state index >= 15 is 0 Å². The number of carbonyl (C=O) groups is 2. The second kappa shape index (κ2) is 10.4. The van der Waals surface area contributed by atoms with Crippen LogP contribution in [0.4, 0.5) is 0 Å². The van der Waals surface area contributed by atoms with Gasteiger partial charge in [0.15, 0.2) is 11.5 Å². The van der Waals surface area contributed by atoms with E-state index < -0.39 is 11.9 Å². The van der Waals surface area contributed by atoms with E-state index in [1.807, 2.05) is 25.1 Å². The zero-order valence-electron chi connectivity index (χ0n) is 17.4. The van der Waals surface area contributed by atoms with E-state index in [1.54, 1.807) is 54.6 Å². The van der Waals surface area contributed by atoms with Gasteiger partial charge in [0, 0.05) is 0 Å². The van der Waals surface area contributed by atoms with Crippen LogP contribution >= 0.6 is 0 Å². The molecule has 0 spiro atoms. The molecule has 4 nitrogen and oxygen atoms in total. The van der Waals surface area contributed by atoms with Crippen molar-refractivity contribution >= 4 is 11.9 Å². The molecule has 0 saturated heterocycles. The number of esters is 2. The highest BCUT2D eigenvalue weighted by molar-refractivity contribution is 5.93. The molecule has 0 atom stereocenters. The van der Waals surface area contributed by atoms with Gasteiger partial charge in [0.1, 0.15) is 0 Å².